The third-order valence-electron chi connectivity index (χ3n) is 4.41. The van der Waals surface area contributed by atoms with Gasteiger partial charge in [0.2, 0.25) is 5.91 Å². The molecule has 2 heterocycles. The highest BCUT2D eigenvalue weighted by molar-refractivity contribution is 6.32. The van der Waals surface area contributed by atoms with Crippen LogP contribution in [0.1, 0.15) is 15.9 Å². The van der Waals surface area contributed by atoms with Crippen molar-refractivity contribution < 1.29 is 28.2 Å². The highest BCUT2D eigenvalue weighted by atomic mass is 35.5. The molecular weight excluding hydrogens is 415 g/mol. The Labute approximate surface area is 178 Å². The van der Waals surface area contributed by atoms with Crippen LogP contribution in [0.4, 0.5) is 4.39 Å². The zero-order chi connectivity index (χ0) is 21.5. The summed E-state index contributed by atoms with van der Waals surface area (Å²) in [6.45, 7) is 1.22. The van der Waals surface area contributed by atoms with E-state index >= 15 is 0 Å². The van der Waals surface area contributed by atoms with E-state index in [4.69, 9.17) is 21.1 Å². The van der Waals surface area contributed by atoms with E-state index in [-0.39, 0.29) is 34.8 Å². The predicted octanol–water partition coefficient (Wildman–Crippen LogP) is 2.98. The van der Waals surface area contributed by atoms with Crippen molar-refractivity contribution in [2.24, 2.45) is 0 Å². The molecule has 7 nitrogen and oxygen atoms in total. The number of carbonyl (C=O) groups excluding carboxylic acids is 2. The molecule has 3 rings (SSSR count). The van der Waals surface area contributed by atoms with Crippen LogP contribution in [0.2, 0.25) is 5.02 Å². The molecule has 0 aliphatic carbocycles. The first-order chi connectivity index (χ1) is 14.5. The molecule has 158 valence electrons. The largest absolute Gasteiger partial charge is 0.489 e. The molecule has 0 N–H and O–H groups in total. The summed E-state index contributed by atoms with van der Waals surface area (Å²) >= 11 is 5.97. The number of benzene rings is 1. The van der Waals surface area contributed by atoms with Gasteiger partial charge in [0.25, 0.3) is 0 Å². The lowest BCUT2D eigenvalue weighted by Crippen LogP contribution is -2.47. The molecule has 0 spiro atoms. The molecule has 30 heavy (non-hydrogen) atoms. The Morgan fingerprint density at radius 2 is 2.23 bits per heavy atom. The quantitative estimate of drug-likeness (QED) is 0.514. The maximum absolute atomic E-state index is 13.8. The van der Waals surface area contributed by atoms with Gasteiger partial charge in [0.15, 0.2) is 0 Å². The molecular formula is C21H20ClFN2O5. The molecule has 1 fully saturated rings. The zero-order valence-electron chi connectivity index (χ0n) is 16.2. The van der Waals surface area contributed by atoms with Gasteiger partial charge in [0.05, 0.1) is 37.0 Å². The van der Waals surface area contributed by atoms with Gasteiger partial charge in [-0.05, 0) is 24.3 Å². The molecule has 1 atom stereocenters. The second kappa shape index (κ2) is 10.2. The Bertz CT molecular complexity index is 932. The van der Waals surface area contributed by atoms with Gasteiger partial charge in [-0.3, -0.25) is 9.78 Å². The van der Waals surface area contributed by atoms with E-state index in [1.54, 1.807) is 11.0 Å². The Kier molecular flexibility index (Phi) is 7.37. The van der Waals surface area contributed by atoms with Gasteiger partial charge in [0, 0.05) is 24.4 Å². The number of amides is 1. The minimum Gasteiger partial charge on any atom is -0.489 e. The lowest BCUT2D eigenvalue weighted by Gasteiger charge is -2.32. The maximum atomic E-state index is 13.8. The van der Waals surface area contributed by atoms with Crippen LogP contribution in [0.3, 0.4) is 0 Å². The normalized spacial score (nSPS) is 16.5. The van der Waals surface area contributed by atoms with E-state index in [9.17, 15) is 14.0 Å². The molecule has 1 saturated heterocycles. The van der Waals surface area contributed by atoms with Crippen molar-refractivity contribution in [3.63, 3.8) is 0 Å². The van der Waals surface area contributed by atoms with Crippen molar-refractivity contribution in [1.82, 2.24) is 9.88 Å². The first-order valence-corrected chi connectivity index (χ1v) is 9.54. The van der Waals surface area contributed by atoms with Crippen LogP contribution in [0.5, 0.6) is 5.75 Å². The number of hydrogen-bond donors (Lipinski definition) is 0. The second-order valence-electron chi connectivity index (χ2n) is 6.46. The van der Waals surface area contributed by atoms with Crippen molar-refractivity contribution >= 4 is 29.6 Å². The first-order valence-electron chi connectivity index (χ1n) is 9.16. The Morgan fingerprint density at radius 3 is 3.00 bits per heavy atom. The maximum Gasteiger partial charge on any atom is 0.339 e. The van der Waals surface area contributed by atoms with E-state index in [2.05, 4.69) is 9.72 Å². The molecule has 0 saturated carbocycles. The van der Waals surface area contributed by atoms with Gasteiger partial charge >= 0.3 is 5.97 Å². The molecule has 1 unspecified atom stereocenters. The van der Waals surface area contributed by atoms with Crippen molar-refractivity contribution in [3.8, 4) is 5.75 Å². The Hall–Kier alpha value is -2.97. The summed E-state index contributed by atoms with van der Waals surface area (Å²) in [7, 11) is 1.28. The number of carbonyl (C=O) groups is 2. The molecule has 1 aliphatic heterocycles. The van der Waals surface area contributed by atoms with Crippen molar-refractivity contribution in [1.29, 1.82) is 0 Å². The topological polar surface area (TPSA) is 78.0 Å². The van der Waals surface area contributed by atoms with Crippen molar-refractivity contribution in [2.45, 2.75) is 6.10 Å². The lowest BCUT2D eigenvalue weighted by molar-refractivity contribution is -0.134. The van der Waals surface area contributed by atoms with Crippen molar-refractivity contribution in [2.75, 3.05) is 33.4 Å². The minimum atomic E-state index is -0.514. The van der Waals surface area contributed by atoms with Gasteiger partial charge in [0.1, 0.15) is 24.3 Å². The van der Waals surface area contributed by atoms with Crippen LogP contribution in [-0.2, 0) is 14.3 Å². The smallest absolute Gasteiger partial charge is 0.339 e. The average Bonchev–Trinajstić information content (AvgIpc) is 2.77. The van der Waals surface area contributed by atoms with Crippen LogP contribution in [0, 0.1) is 5.82 Å². The molecule has 1 aromatic heterocycles. The van der Waals surface area contributed by atoms with E-state index in [0.717, 1.165) is 0 Å². The summed E-state index contributed by atoms with van der Waals surface area (Å²) in [5.74, 6) is -0.904. The van der Waals surface area contributed by atoms with Gasteiger partial charge in [-0.1, -0.05) is 17.7 Å². The Balaban J connectivity index is 1.57. The van der Waals surface area contributed by atoms with Gasteiger partial charge in [-0.15, -0.1) is 0 Å². The Morgan fingerprint density at radius 1 is 1.40 bits per heavy atom. The third kappa shape index (κ3) is 5.55. The number of aromatic nitrogens is 1. The number of ether oxygens (including phenoxy) is 3. The molecule has 1 aliphatic rings. The first kappa shape index (κ1) is 21.7. The highest BCUT2D eigenvalue weighted by Crippen LogP contribution is 2.20. The van der Waals surface area contributed by atoms with Gasteiger partial charge < -0.3 is 19.1 Å². The third-order valence-corrected chi connectivity index (χ3v) is 4.74. The number of pyridine rings is 1. The monoisotopic (exact) mass is 434 g/mol. The molecule has 0 bridgehead atoms. The number of esters is 1. The summed E-state index contributed by atoms with van der Waals surface area (Å²) in [5.41, 5.74) is 0.437. The number of halogens is 2. The summed E-state index contributed by atoms with van der Waals surface area (Å²) < 4.78 is 29.8. The van der Waals surface area contributed by atoms with E-state index < -0.39 is 11.8 Å². The molecule has 0 radical (unpaired) electrons. The number of morpholine rings is 1. The van der Waals surface area contributed by atoms with Gasteiger partial charge in [-0.25, -0.2) is 9.18 Å². The summed E-state index contributed by atoms with van der Waals surface area (Å²) in [5, 5.41) is 0.232. The number of methoxy groups -OCH3 is 1. The summed E-state index contributed by atoms with van der Waals surface area (Å²) in [6, 6.07) is 5.86. The average molecular weight is 435 g/mol. The van der Waals surface area contributed by atoms with Crippen molar-refractivity contribution in [3.05, 3.63) is 64.7 Å². The second-order valence-corrected chi connectivity index (χ2v) is 6.86. The van der Waals surface area contributed by atoms with Gasteiger partial charge in [-0.2, -0.15) is 0 Å². The van der Waals surface area contributed by atoms with E-state index in [1.165, 1.54) is 49.9 Å². The number of nitrogens with zero attached hydrogens (tertiary/aromatic N) is 2. The SMILES string of the molecule is COC(=O)c1cncc(OCC2CN(C(=O)/C=C/c3c(F)cccc3Cl)CCO2)c1. The fourth-order valence-electron chi connectivity index (χ4n) is 2.87. The molecule has 1 amide bonds. The summed E-state index contributed by atoms with van der Waals surface area (Å²) in [6.07, 6.45) is 5.14. The minimum absolute atomic E-state index is 0.165. The standard InChI is InChI=1S/C21H20ClFN2O5/c1-28-21(27)14-9-15(11-24-10-14)30-13-16-12-25(7-8-29-16)20(26)6-5-17-18(22)3-2-4-19(17)23/h2-6,9-11,16H,7-8,12-13H2,1H3/b6-5+. The fraction of sp³-hybridized carbons (Fsp3) is 0.286. The van der Waals surface area contributed by atoms with Crippen LogP contribution in [-0.4, -0.2) is 61.3 Å². The molecule has 2 aromatic rings. The zero-order valence-corrected chi connectivity index (χ0v) is 17.0. The van der Waals surface area contributed by atoms with Crippen LogP contribution < -0.4 is 4.74 Å². The molecule has 1 aromatic carbocycles. The summed E-state index contributed by atoms with van der Waals surface area (Å²) in [4.78, 5) is 29.6. The van der Waals surface area contributed by atoms with Crippen LogP contribution in [0.25, 0.3) is 6.08 Å². The van der Waals surface area contributed by atoms with Crippen LogP contribution >= 0.6 is 11.6 Å². The van der Waals surface area contributed by atoms with E-state index in [1.807, 2.05) is 0 Å². The van der Waals surface area contributed by atoms with E-state index in [0.29, 0.717) is 25.4 Å². The predicted molar refractivity (Wildman–Crippen MR) is 108 cm³/mol. The highest BCUT2D eigenvalue weighted by Gasteiger charge is 2.24. The number of hydrogen-bond acceptors (Lipinski definition) is 6. The lowest BCUT2D eigenvalue weighted by atomic mass is 10.2. The van der Waals surface area contributed by atoms with Crippen LogP contribution in [0.15, 0.2) is 42.7 Å². The number of rotatable bonds is 6. The molecule has 9 heteroatoms. The fourth-order valence-corrected chi connectivity index (χ4v) is 3.09.